The van der Waals surface area contributed by atoms with Crippen LogP contribution in [0.15, 0.2) is 31.0 Å². The fourth-order valence-corrected chi connectivity index (χ4v) is 2.74. The lowest BCUT2D eigenvalue weighted by atomic mass is 9.99. The summed E-state index contributed by atoms with van der Waals surface area (Å²) in [7, 11) is 3.30. The Bertz CT molecular complexity index is 735. The molecule has 0 fully saturated rings. The zero-order valence-electron chi connectivity index (χ0n) is 14.0. The van der Waals surface area contributed by atoms with Crippen LogP contribution in [0.2, 0.25) is 0 Å². The minimum absolute atomic E-state index is 0.615. The minimum Gasteiger partial charge on any atom is -0.493 e. The van der Waals surface area contributed by atoms with Crippen molar-refractivity contribution in [3.63, 3.8) is 0 Å². The molecule has 3 rings (SSSR count). The van der Waals surface area contributed by atoms with E-state index in [1.165, 1.54) is 11.1 Å². The maximum atomic E-state index is 5.40. The van der Waals surface area contributed by atoms with Crippen molar-refractivity contribution in [3.8, 4) is 11.5 Å². The normalized spacial score (nSPS) is 13.2. The Kier molecular flexibility index (Phi) is 4.79. The van der Waals surface area contributed by atoms with E-state index < -0.39 is 0 Å². The van der Waals surface area contributed by atoms with Crippen molar-refractivity contribution in [2.45, 2.75) is 13.0 Å². The van der Waals surface area contributed by atoms with Gasteiger partial charge in [-0.15, -0.1) is 11.7 Å². The minimum atomic E-state index is 0.615. The number of nitrogens with one attached hydrogen (secondary N) is 1. The van der Waals surface area contributed by atoms with Crippen LogP contribution >= 0.6 is 0 Å². The Balaban J connectivity index is 1.83. The summed E-state index contributed by atoms with van der Waals surface area (Å²) in [4.78, 5) is 6.63. The molecule has 0 unspecified atom stereocenters. The number of hydrogen-bond donors (Lipinski definition) is 1. The van der Waals surface area contributed by atoms with Gasteiger partial charge in [0.15, 0.2) is 17.3 Å². The van der Waals surface area contributed by atoms with Gasteiger partial charge in [0.2, 0.25) is 5.95 Å². The van der Waals surface area contributed by atoms with Crippen LogP contribution in [0.3, 0.4) is 0 Å². The van der Waals surface area contributed by atoms with Crippen LogP contribution < -0.4 is 19.7 Å². The number of rotatable bonds is 6. The summed E-state index contributed by atoms with van der Waals surface area (Å²) < 4.78 is 10.8. The first-order valence-corrected chi connectivity index (χ1v) is 7.78. The van der Waals surface area contributed by atoms with E-state index in [-0.39, 0.29) is 0 Å². The molecule has 0 saturated carbocycles. The summed E-state index contributed by atoms with van der Waals surface area (Å²) in [5, 5.41) is 11.3. The van der Waals surface area contributed by atoms with Gasteiger partial charge in [-0.3, -0.25) is 0 Å². The van der Waals surface area contributed by atoms with Gasteiger partial charge in [0.1, 0.15) is 0 Å². The first-order chi connectivity index (χ1) is 11.7. The second-order valence-corrected chi connectivity index (χ2v) is 5.46. The van der Waals surface area contributed by atoms with E-state index in [1.807, 2.05) is 12.1 Å². The van der Waals surface area contributed by atoms with Crippen molar-refractivity contribution < 1.29 is 9.47 Å². The van der Waals surface area contributed by atoms with Crippen LogP contribution in [0.4, 0.5) is 11.8 Å². The van der Waals surface area contributed by atoms with E-state index in [1.54, 1.807) is 26.5 Å². The molecule has 7 nitrogen and oxygen atoms in total. The van der Waals surface area contributed by atoms with E-state index in [9.17, 15) is 0 Å². The fraction of sp³-hybridized carbons (Fsp3) is 0.353. The molecular weight excluding hydrogens is 306 g/mol. The zero-order chi connectivity index (χ0) is 16.9. The molecule has 0 aliphatic carbocycles. The SMILES string of the molecule is C=CCNc1cnnc(N2CCc3cc(OC)c(OC)cc3C2)n1. The Morgan fingerprint density at radius 2 is 2.00 bits per heavy atom. The van der Waals surface area contributed by atoms with Gasteiger partial charge in [0.25, 0.3) is 0 Å². The molecule has 24 heavy (non-hydrogen) atoms. The molecule has 1 aliphatic heterocycles. The molecule has 0 bridgehead atoms. The number of anilines is 2. The number of aromatic nitrogens is 3. The third-order valence-electron chi connectivity index (χ3n) is 3.98. The van der Waals surface area contributed by atoms with Gasteiger partial charge >= 0.3 is 0 Å². The Morgan fingerprint density at radius 3 is 2.71 bits per heavy atom. The molecular formula is C17H21N5O2. The van der Waals surface area contributed by atoms with E-state index in [0.29, 0.717) is 24.9 Å². The van der Waals surface area contributed by atoms with E-state index >= 15 is 0 Å². The third-order valence-corrected chi connectivity index (χ3v) is 3.98. The molecule has 0 spiro atoms. The second-order valence-electron chi connectivity index (χ2n) is 5.46. The van der Waals surface area contributed by atoms with Gasteiger partial charge in [-0.25, -0.2) is 0 Å². The standard InChI is InChI=1S/C17H21N5O2/c1-4-6-18-16-10-19-21-17(20-16)22-7-5-12-8-14(23-2)15(24-3)9-13(12)11-22/h4,8-10H,1,5-7,11H2,2-3H3,(H,18,20,21). The van der Waals surface area contributed by atoms with Crippen LogP contribution in [-0.4, -0.2) is 42.5 Å². The van der Waals surface area contributed by atoms with Crippen molar-refractivity contribution in [3.05, 3.63) is 42.1 Å². The van der Waals surface area contributed by atoms with Crippen LogP contribution in [0.5, 0.6) is 11.5 Å². The predicted octanol–water partition coefficient (Wildman–Crippen LogP) is 2.05. The number of fused-ring (bicyclic) bond motifs is 1. The smallest absolute Gasteiger partial charge is 0.247 e. The summed E-state index contributed by atoms with van der Waals surface area (Å²) in [5.41, 5.74) is 2.45. The van der Waals surface area contributed by atoms with Crippen molar-refractivity contribution in [2.24, 2.45) is 0 Å². The van der Waals surface area contributed by atoms with Crippen molar-refractivity contribution in [2.75, 3.05) is 37.5 Å². The number of methoxy groups -OCH3 is 2. The Hall–Kier alpha value is -2.83. The number of ether oxygens (including phenoxy) is 2. The number of hydrogen-bond acceptors (Lipinski definition) is 7. The van der Waals surface area contributed by atoms with Gasteiger partial charge in [0, 0.05) is 19.6 Å². The van der Waals surface area contributed by atoms with E-state index in [4.69, 9.17) is 9.47 Å². The van der Waals surface area contributed by atoms with Crippen LogP contribution in [0.25, 0.3) is 0 Å². The van der Waals surface area contributed by atoms with Crippen molar-refractivity contribution in [1.29, 1.82) is 0 Å². The van der Waals surface area contributed by atoms with Gasteiger partial charge in [-0.1, -0.05) is 6.08 Å². The highest BCUT2D eigenvalue weighted by Crippen LogP contribution is 2.33. The summed E-state index contributed by atoms with van der Waals surface area (Å²) in [6.07, 6.45) is 4.28. The molecule has 0 saturated heterocycles. The highest BCUT2D eigenvalue weighted by atomic mass is 16.5. The molecule has 7 heteroatoms. The first-order valence-electron chi connectivity index (χ1n) is 7.78. The average Bonchev–Trinajstić information content (AvgIpc) is 2.64. The monoisotopic (exact) mass is 327 g/mol. The second kappa shape index (κ2) is 7.16. The summed E-state index contributed by atoms with van der Waals surface area (Å²) in [6, 6.07) is 4.07. The summed E-state index contributed by atoms with van der Waals surface area (Å²) in [6.45, 7) is 5.86. The first kappa shape index (κ1) is 16.0. The van der Waals surface area contributed by atoms with Gasteiger partial charge in [-0.2, -0.15) is 10.1 Å². The molecule has 0 amide bonds. The largest absolute Gasteiger partial charge is 0.493 e. The van der Waals surface area contributed by atoms with Gasteiger partial charge in [0.05, 0.1) is 20.4 Å². The Morgan fingerprint density at radius 1 is 1.25 bits per heavy atom. The lowest BCUT2D eigenvalue weighted by molar-refractivity contribution is 0.353. The lowest BCUT2D eigenvalue weighted by Gasteiger charge is -2.29. The van der Waals surface area contributed by atoms with Crippen LogP contribution in [0, 0.1) is 0 Å². The zero-order valence-corrected chi connectivity index (χ0v) is 14.0. The maximum absolute atomic E-state index is 5.40. The summed E-state index contributed by atoms with van der Waals surface area (Å²) in [5.74, 6) is 2.80. The number of nitrogens with zero attached hydrogens (tertiary/aromatic N) is 4. The Labute approximate surface area is 141 Å². The predicted molar refractivity (Wildman–Crippen MR) is 92.8 cm³/mol. The highest BCUT2D eigenvalue weighted by molar-refractivity contribution is 5.51. The van der Waals surface area contributed by atoms with Crippen LogP contribution in [-0.2, 0) is 13.0 Å². The quantitative estimate of drug-likeness (QED) is 0.814. The molecule has 2 aromatic rings. The van der Waals surface area contributed by atoms with Crippen molar-refractivity contribution in [1.82, 2.24) is 15.2 Å². The molecule has 2 heterocycles. The fourth-order valence-electron chi connectivity index (χ4n) is 2.74. The topological polar surface area (TPSA) is 72.4 Å². The van der Waals surface area contributed by atoms with E-state index in [2.05, 4.69) is 32.0 Å². The molecule has 1 N–H and O–H groups in total. The molecule has 1 aromatic heterocycles. The molecule has 1 aromatic carbocycles. The number of benzene rings is 1. The van der Waals surface area contributed by atoms with Gasteiger partial charge < -0.3 is 19.7 Å². The molecule has 1 aliphatic rings. The average molecular weight is 327 g/mol. The van der Waals surface area contributed by atoms with Gasteiger partial charge in [-0.05, 0) is 29.7 Å². The summed E-state index contributed by atoms with van der Waals surface area (Å²) >= 11 is 0. The highest BCUT2D eigenvalue weighted by Gasteiger charge is 2.21. The third kappa shape index (κ3) is 3.24. The lowest BCUT2D eigenvalue weighted by Crippen LogP contribution is -2.32. The maximum Gasteiger partial charge on any atom is 0.247 e. The molecule has 0 radical (unpaired) electrons. The van der Waals surface area contributed by atoms with E-state index in [0.717, 1.165) is 24.5 Å². The van der Waals surface area contributed by atoms with Crippen molar-refractivity contribution >= 4 is 11.8 Å². The molecule has 126 valence electrons. The van der Waals surface area contributed by atoms with Crippen LogP contribution in [0.1, 0.15) is 11.1 Å². The molecule has 0 atom stereocenters.